The van der Waals surface area contributed by atoms with Crippen LogP contribution in [0.25, 0.3) is 21.3 Å². The van der Waals surface area contributed by atoms with Gasteiger partial charge in [-0.05, 0) is 73.7 Å². The number of aromatic nitrogens is 2. The Hall–Kier alpha value is -1.65. The number of benzene rings is 1. The molecular formula is C21H22ClN3S. The Balaban J connectivity index is 1.73. The zero-order valence-corrected chi connectivity index (χ0v) is 16.6. The minimum absolute atomic E-state index is 0.359. The van der Waals surface area contributed by atoms with E-state index in [-0.39, 0.29) is 0 Å². The molecule has 1 fully saturated rings. The number of thiophene rings is 1. The van der Waals surface area contributed by atoms with Crippen molar-refractivity contribution in [1.82, 2.24) is 9.97 Å². The van der Waals surface area contributed by atoms with Crippen molar-refractivity contribution in [3.63, 3.8) is 0 Å². The van der Waals surface area contributed by atoms with Gasteiger partial charge in [0, 0.05) is 23.5 Å². The summed E-state index contributed by atoms with van der Waals surface area (Å²) in [5, 5.41) is 1.55. The first-order chi connectivity index (χ1) is 12.7. The molecule has 1 aromatic carbocycles. The van der Waals surface area contributed by atoms with E-state index in [1.807, 2.05) is 0 Å². The molecule has 5 rings (SSSR count). The Morgan fingerprint density at radius 1 is 1.00 bits per heavy atom. The summed E-state index contributed by atoms with van der Waals surface area (Å²) in [6.45, 7) is 4.31. The molecule has 2 aliphatic rings. The molecule has 2 aromatic heterocycles. The largest absolute Gasteiger partial charge is 0.356 e. The van der Waals surface area contributed by atoms with E-state index < -0.39 is 0 Å². The summed E-state index contributed by atoms with van der Waals surface area (Å²) in [7, 11) is 0. The van der Waals surface area contributed by atoms with Gasteiger partial charge in [0.25, 0.3) is 0 Å². The fourth-order valence-electron chi connectivity index (χ4n) is 4.46. The molecule has 3 nitrogen and oxygen atoms in total. The van der Waals surface area contributed by atoms with Gasteiger partial charge in [-0.25, -0.2) is 4.98 Å². The summed E-state index contributed by atoms with van der Waals surface area (Å²) in [6.07, 6.45) is 7.49. The fraction of sp³-hybridized carbons (Fsp3) is 0.429. The highest BCUT2D eigenvalue weighted by Gasteiger charge is 2.24. The predicted octanol–water partition coefficient (Wildman–Crippen LogP) is 5.80. The summed E-state index contributed by atoms with van der Waals surface area (Å²) in [5.74, 6) is 1.02. The summed E-state index contributed by atoms with van der Waals surface area (Å²) < 4.78 is 0. The van der Waals surface area contributed by atoms with Crippen LogP contribution in [0, 0.1) is 6.92 Å². The SMILES string of the molecule is Cc1sc2nc(Cl)nc(N3CCCC3)c2c1-c1ccc2c(c1)CCCC2. The Labute approximate surface area is 163 Å². The first-order valence-electron chi connectivity index (χ1n) is 9.54. The van der Waals surface area contributed by atoms with Gasteiger partial charge in [0.05, 0.1) is 5.39 Å². The van der Waals surface area contributed by atoms with Crippen LogP contribution in [0.2, 0.25) is 5.28 Å². The molecule has 0 radical (unpaired) electrons. The second-order valence-electron chi connectivity index (χ2n) is 7.41. The lowest BCUT2D eigenvalue weighted by Crippen LogP contribution is -2.19. The summed E-state index contributed by atoms with van der Waals surface area (Å²) >= 11 is 8.00. The topological polar surface area (TPSA) is 29.0 Å². The van der Waals surface area contributed by atoms with Crippen molar-refractivity contribution in [3.8, 4) is 11.1 Å². The van der Waals surface area contributed by atoms with Gasteiger partial charge in [-0.1, -0.05) is 18.2 Å². The van der Waals surface area contributed by atoms with Crippen LogP contribution in [0.3, 0.4) is 0 Å². The smallest absolute Gasteiger partial charge is 0.225 e. The van der Waals surface area contributed by atoms with Crippen molar-refractivity contribution in [2.75, 3.05) is 18.0 Å². The molecule has 3 heterocycles. The highest BCUT2D eigenvalue weighted by Crippen LogP contribution is 2.43. The Morgan fingerprint density at radius 2 is 1.77 bits per heavy atom. The molecule has 0 saturated carbocycles. The van der Waals surface area contributed by atoms with Crippen molar-refractivity contribution in [2.24, 2.45) is 0 Å². The highest BCUT2D eigenvalue weighted by molar-refractivity contribution is 7.19. The van der Waals surface area contributed by atoms with Crippen molar-refractivity contribution in [3.05, 3.63) is 39.5 Å². The minimum atomic E-state index is 0.359. The quantitative estimate of drug-likeness (QED) is 0.523. The van der Waals surface area contributed by atoms with Crippen LogP contribution in [0.5, 0.6) is 0 Å². The molecule has 5 heteroatoms. The number of hydrogen-bond donors (Lipinski definition) is 0. The molecule has 0 unspecified atom stereocenters. The third-order valence-electron chi connectivity index (χ3n) is 5.72. The standard InChI is InChI=1S/C21H22ClN3S/c1-13-17(16-9-8-14-6-2-3-7-15(14)12-16)18-19(25-10-4-5-11-25)23-21(22)24-20(18)26-13/h8-9,12H,2-7,10-11H2,1H3. The average Bonchev–Trinajstić information content (AvgIpc) is 3.28. The van der Waals surface area contributed by atoms with Gasteiger partial charge in [-0.15, -0.1) is 11.3 Å². The number of nitrogens with zero attached hydrogens (tertiary/aromatic N) is 3. The molecule has 3 aromatic rings. The molecule has 134 valence electrons. The van der Waals surface area contributed by atoms with Crippen molar-refractivity contribution in [1.29, 1.82) is 0 Å². The first kappa shape index (κ1) is 16.5. The molecular weight excluding hydrogens is 362 g/mol. The van der Waals surface area contributed by atoms with E-state index in [9.17, 15) is 0 Å². The number of hydrogen-bond acceptors (Lipinski definition) is 4. The summed E-state index contributed by atoms with van der Waals surface area (Å²) in [5.41, 5.74) is 5.65. The third kappa shape index (κ3) is 2.71. The van der Waals surface area contributed by atoms with Gasteiger partial charge in [0.2, 0.25) is 5.28 Å². The van der Waals surface area contributed by atoms with Gasteiger partial charge in [0.1, 0.15) is 10.6 Å². The number of aryl methyl sites for hydroxylation is 3. The van der Waals surface area contributed by atoms with Gasteiger partial charge in [-0.3, -0.25) is 0 Å². The van der Waals surface area contributed by atoms with E-state index in [1.165, 1.54) is 71.0 Å². The van der Waals surface area contributed by atoms with E-state index >= 15 is 0 Å². The zero-order chi connectivity index (χ0) is 17.7. The predicted molar refractivity (Wildman–Crippen MR) is 111 cm³/mol. The van der Waals surface area contributed by atoms with Crippen LogP contribution in [-0.2, 0) is 12.8 Å². The molecule has 1 aliphatic carbocycles. The maximum atomic E-state index is 6.26. The number of anilines is 1. The molecule has 1 saturated heterocycles. The fourth-order valence-corrected chi connectivity index (χ4v) is 5.72. The van der Waals surface area contributed by atoms with Crippen LogP contribution in [0.4, 0.5) is 5.82 Å². The Bertz CT molecular complexity index is 989. The number of rotatable bonds is 2. The van der Waals surface area contributed by atoms with Gasteiger partial charge < -0.3 is 4.90 Å². The van der Waals surface area contributed by atoms with E-state index in [2.05, 4.69) is 40.0 Å². The molecule has 0 N–H and O–H groups in total. The maximum absolute atomic E-state index is 6.26. The van der Waals surface area contributed by atoms with Crippen molar-refractivity contribution < 1.29 is 0 Å². The monoisotopic (exact) mass is 383 g/mol. The lowest BCUT2D eigenvalue weighted by molar-refractivity contribution is 0.686. The van der Waals surface area contributed by atoms with E-state index in [4.69, 9.17) is 11.6 Å². The average molecular weight is 384 g/mol. The van der Waals surface area contributed by atoms with Crippen LogP contribution in [0.15, 0.2) is 18.2 Å². The molecule has 1 aliphatic heterocycles. The second-order valence-corrected chi connectivity index (χ2v) is 8.96. The first-order valence-corrected chi connectivity index (χ1v) is 10.7. The Kier molecular flexibility index (Phi) is 4.13. The van der Waals surface area contributed by atoms with Crippen molar-refractivity contribution >= 4 is 39.0 Å². The zero-order valence-electron chi connectivity index (χ0n) is 15.0. The van der Waals surface area contributed by atoms with E-state index in [0.717, 1.165) is 23.7 Å². The van der Waals surface area contributed by atoms with Crippen LogP contribution in [0.1, 0.15) is 41.7 Å². The number of fused-ring (bicyclic) bond motifs is 2. The Morgan fingerprint density at radius 3 is 2.58 bits per heavy atom. The van der Waals surface area contributed by atoms with E-state index in [1.54, 1.807) is 11.3 Å². The molecule has 0 spiro atoms. The maximum Gasteiger partial charge on any atom is 0.225 e. The van der Waals surface area contributed by atoms with Crippen LogP contribution in [-0.4, -0.2) is 23.1 Å². The van der Waals surface area contributed by atoms with Crippen LogP contribution < -0.4 is 4.90 Å². The van der Waals surface area contributed by atoms with Crippen molar-refractivity contribution in [2.45, 2.75) is 45.4 Å². The molecule has 26 heavy (non-hydrogen) atoms. The molecule has 0 atom stereocenters. The van der Waals surface area contributed by atoms with Gasteiger partial charge in [-0.2, -0.15) is 4.98 Å². The van der Waals surface area contributed by atoms with Gasteiger partial charge >= 0.3 is 0 Å². The normalized spacial score (nSPS) is 17.1. The van der Waals surface area contributed by atoms with E-state index in [0.29, 0.717) is 5.28 Å². The summed E-state index contributed by atoms with van der Waals surface area (Å²) in [6, 6.07) is 7.03. The minimum Gasteiger partial charge on any atom is -0.356 e. The second kappa shape index (κ2) is 6.50. The van der Waals surface area contributed by atoms with Crippen LogP contribution >= 0.6 is 22.9 Å². The van der Waals surface area contributed by atoms with Gasteiger partial charge in [0.15, 0.2) is 0 Å². The third-order valence-corrected chi connectivity index (χ3v) is 6.89. The number of halogens is 1. The molecule has 0 amide bonds. The summed E-state index contributed by atoms with van der Waals surface area (Å²) in [4.78, 5) is 13.9. The lowest BCUT2D eigenvalue weighted by Gasteiger charge is -2.19. The highest BCUT2D eigenvalue weighted by atomic mass is 35.5. The molecule has 0 bridgehead atoms. The lowest BCUT2D eigenvalue weighted by atomic mass is 9.89.